The summed E-state index contributed by atoms with van der Waals surface area (Å²) in [7, 11) is 0. The molecule has 10 heavy (non-hydrogen) atoms. The Morgan fingerprint density at radius 3 is 3.30 bits per heavy atom. The predicted octanol–water partition coefficient (Wildman–Crippen LogP) is 0.287. The highest BCUT2D eigenvalue weighted by Gasteiger charge is 2.29. The molecule has 2 aliphatic rings. The highest BCUT2D eigenvalue weighted by atomic mass is 16.3. The lowest BCUT2D eigenvalue weighted by atomic mass is 9.88. The van der Waals surface area contributed by atoms with Crippen molar-refractivity contribution in [2.24, 2.45) is 5.92 Å². The largest absolute Gasteiger partial charge is 0.392 e. The minimum Gasteiger partial charge on any atom is -0.392 e. The topological polar surface area (TPSA) is 32.3 Å². The fraction of sp³-hybridized carbons (Fsp3) is 0.750. The molecule has 2 unspecified atom stereocenters. The molecular weight excluding hydrogens is 126 g/mol. The van der Waals surface area contributed by atoms with Crippen LogP contribution in [0.1, 0.15) is 12.8 Å². The number of aliphatic hydroxyl groups excluding tert-OH is 1. The molecule has 2 atom stereocenters. The van der Waals surface area contributed by atoms with Crippen molar-refractivity contribution in [2.75, 3.05) is 13.1 Å². The van der Waals surface area contributed by atoms with Crippen LogP contribution < -0.4 is 5.32 Å². The molecule has 2 rings (SSSR count). The van der Waals surface area contributed by atoms with Gasteiger partial charge in [-0.25, -0.2) is 0 Å². The van der Waals surface area contributed by atoms with Crippen LogP contribution in [0.5, 0.6) is 0 Å². The van der Waals surface area contributed by atoms with Crippen LogP contribution in [0, 0.1) is 5.92 Å². The summed E-state index contributed by atoms with van der Waals surface area (Å²) in [5.74, 6) is 0.439. The van der Waals surface area contributed by atoms with Gasteiger partial charge in [0, 0.05) is 19.0 Å². The minimum atomic E-state index is -0.0741. The zero-order valence-electron chi connectivity index (χ0n) is 6.01. The lowest BCUT2D eigenvalue weighted by Crippen LogP contribution is -2.25. The molecule has 0 aromatic carbocycles. The molecule has 2 N–H and O–H groups in total. The second-order valence-corrected chi connectivity index (χ2v) is 3.16. The summed E-state index contributed by atoms with van der Waals surface area (Å²) in [5.41, 5.74) is 1.43. The quantitative estimate of drug-likeness (QED) is 0.473. The molecule has 1 heterocycles. The zero-order chi connectivity index (χ0) is 6.97. The minimum absolute atomic E-state index is 0.0741. The van der Waals surface area contributed by atoms with Crippen molar-refractivity contribution in [3.8, 4) is 0 Å². The van der Waals surface area contributed by atoms with E-state index in [1.54, 1.807) is 0 Å². The molecule has 2 nitrogen and oxygen atoms in total. The number of fused-ring (bicyclic) bond motifs is 1. The van der Waals surface area contributed by atoms with Crippen LogP contribution in [0.4, 0.5) is 0 Å². The number of allylic oxidation sites excluding steroid dienone is 1. The monoisotopic (exact) mass is 139 g/mol. The molecule has 0 aromatic heterocycles. The molecule has 0 spiro atoms. The van der Waals surface area contributed by atoms with Gasteiger partial charge < -0.3 is 10.4 Å². The van der Waals surface area contributed by atoms with Crippen LogP contribution in [0.3, 0.4) is 0 Å². The van der Waals surface area contributed by atoms with E-state index in [2.05, 4.69) is 11.4 Å². The molecule has 0 aromatic rings. The second kappa shape index (κ2) is 2.36. The third kappa shape index (κ3) is 0.879. The molecular formula is C8H13NO. The van der Waals surface area contributed by atoms with Crippen molar-refractivity contribution in [3.63, 3.8) is 0 Å². The van der Waals surface area contributed by atoms with Gasteiger partial charge in [0.1, 0.15) is 0 Å². The Balaban J connectivity index is 2.18. The van der Waals surface area contributed by atoms with Crippen molar-refractivity contribution in [1.82, 2.24) is 5.32 Å². The summed E-state index contributed by atoms with van der Waals surface area (Å²) in [5, 5.41) is 12.8. The molecule has 1 aliphatic heterocycles. The zero-order valence-corrected chi connectivity index (χ0v) is 6.01. The molecule has 1 aliphatic carbocycles. The van der Waals surface area contributed by atoms with Gasteiger partial charge in [-0.15, -0.1) is 0 Å². The molecule has 2 heteroatoms. The summed E-state index contributed by atoms with van der Waals surface area (Å²) >= 11 is 0. The highest BCUT2D eigenvalue weighted by molar-refractivity contribution is 5.18. The Morgan fingerprint density at radius 1 is 1.60 bits per heavy atom. The van der Waals surface area contributed by atoms with Gasteiger partial charge in [-0.1, -0.05) is 11.6 Å². The number of aliphatic hydroxyl groups is 1. The lowest BCUT2D eigenvalue weighted by Gasteiger charge is -2.22. The van der Waals surface area contributed by atoms with Crippen molar-refractivity contribution in [1.29, 1.82) is 0 Å². The molecule has 56 valence electrons. The van der Waals surface area contributed by atoms with Gasteiger partial charge in [0.25, 0.3) is 0 Å². The molecule has 1 saturated heterocycles. The number of hydrogen-bond acceptors (Lipinski definition) is 2. The summed E-state index contributed by atoms with van der Waals surface area (Å²) in [6.45, 7) is 1.98. The van der Waals surface area contributed by atoms with E-state index in [-0.39, 0.29) is 6.10 Å². The van der Waals surface area contributed by atoms with E-state index in [0.29, 0.717) is 5.92 Å². The Labute approximate surface area is 60.9 Å². The molecule has 0 radical (unpaired) electrons. The summed E-state index contributed by atoms with van der Waals surface area (Å²) in [6.07, 6.45) is 4.22. The molecule has 0 bridgehead atoms. The maximum absolute atomic E-state index is 9.50. The van der Waals surface area contributed by atoms with Gasteiger partial charge in [0.15, 0.2) is 0 Å². The van der Waals surface area contributed by atoms with Gasteiger partial charge in [-0.05, 0) is 12.8 Å². The van der Waals surface area contributed by atoms with Crippen LogP contribution in [0.25, 0.3) is 0 Å². The average Bonchev–Trinajstić information content (AvgIpc) is 2.36. The maximum atomic E-state index is 9.50. The first-order chi connectivity index (χ1) is 4.88. The second-order valence-electron chi connectivity index (χ2n) is 3.16. The Morgan fingerprint density at radius 2 is 2.50 bits per heavy atom. The van der Waals surface area contributed by atoms with Crippen molar-refractivity contribution < 1.29 is 5.11 Å². The van der Waals surface area contributed by atoms with E-state index in [4.69, 9.17) is 0 Å². The van der Waals surface area contributed by atoms with Gasteiger partial charge in [0.2, 0.25) is 0 Å². The van der Waals surface area contributed by atoms with E-state index in [1.807, 2.05) is 0 Å². The number of hydrogen-bond donors (Lipinski definition) is 2. The molecule has 1 fully saturated rings. The Hall–Kier alpha value is -0.340. The summed E-state index contributed by atoms with van der Waals surface area (Å²) in [6, 6.07) is 0. The fourth-order valence-electron chi connectivity index (χ4n) is 1.88. The van der Waals surface area contributed by atoms with Gasteiger partial charge >= 0.3 is 0 Å². The Bertz CT molecular complexity index is 165. The lowest BCUT2D eigenvalue weighted by molar-refractivity contribution is 0.118. The van der Waals surface area contributed by atoms with E-state index in [1.165, 1.54) is 5.57 Å². The fourth-order valence-corrected chi connectivity index (χ4v) is 1.88. The predicted molar refractivity (Wildman–Crippen MR) is 39.7 cm³/mol. The molecule has 0 amide bonds. The smallest absolute Gasteiger partial charge is 0.0621 e. The van der Waals surface area contributed by atoms with Gasteiger partial charge in [-0.2, -0.15) is 0 Å². The highest BCUT2D eigenvalue weighted by Crippen LogP contribution is 2.27. The molecule has 0 saturated carbocycles. The summed E-state index contributed by atoms with van der Waals surface area (Å²) in [4.78, 5) is 0. The van der Waals surface area contributed by atoms with Crippen LogP contribution in [-0.4, -0.2) is 24.3 Å². The first kappa shape index (κ1) is 6.38. The van der Waals surface area contributed by atoms with Gasteiger partial charge in [0.05, 0.1) is 6.10 Å². The van der Waals surface area contributed by atoms with Crippen LogP contribution in [0.2, 0.25) is 0 Å². The summed E-state index contributed by atoms with van der Waals surface area (Å²) < 4.78 is 0. The van der Waals surface area contributed by atoms with E-state index < -0.39 is 0 Å². The SMILES string of the molecule is OC1CCC=C2CNCC21. The van der Waals surface area contributed by atoms with Crippen LogP contribution in [-0.2, 0) is 0 Å². The third-order valence-corrected chi connectivity index (χ3v) is 2.50. The van der Waals surface area contributed by atoms with E-state index in [9.17, 15) is 5.11 Å². The normalized spacial score (nSPS) is 39.1. The van der Waals surface area contributed by atoms with Crippen molar-refractivity contribution >= 4 is 0 Å². The van der Waals surface area contributed by atoms with E-state index in [0.717, 1.165) is 25.9 Å². The third-order valence-electron chi connectivity index (χ3n) is 2.50. The average molecular weight is 139 g/mol. The first-order valence-electron chi connectivity index (χ1n) is 3.95. The standard InChI is InChI=1S/C8H13NO/c10-8-3-1-2-6-4-9-5-7(6)8/h2,7-10H,1,3-5H2. The van der Waals surface area contributed by atoms with Crippen molar-refractivity contribution in [3.05, 3.63) is 11.6 Å². The van der Waals surface area contributed by atoms with Crippen LogP contribution in [0.15, 0.2) is 11.6 Å². The Kier molecular flexibility index (Phi) is 1.51. The number of nitrogens with one attached hydrogen (secondary N) is 1. The van der Waals surface area contributed by atoms with Gasteiger partial charge in [-0.3, -0.25) is 0 Å². The first-order valence-corrected chi connectivity index (χ1v) is 3.95. The maximum Gasteiger partial charge on any atom is 0.0621 e. The number of rotatable bonds is 0. The van der Waals surface area contributed by atoms with Crippen LogP contribution >= 0.6 is 0 Å². The van der Waals surface area contributed by atoms with E-state index >= 15 is 0 Å². The van der Waals surface area contributed by atoms with Crippen molar-refractivity contribution in [2.45, 2.75) is 18.9 Å².